The van der Waals surface area contributed by atoms with Crippen LogP contribution in [0.25, 0.3) is 0 Å². The number of nitrogens with one attached hydrogen (secondary N) is 1. The zero-order valence-corrected chi connectivity index (χ0v) is 16.9. The van der Waals surface area contributed by atoms with Gasteiger partial charge >= 0.3 is 0 Å². The Kier molecular flexibility index (Phi) is 5.89. The fraction of sp³-hybridized carbons (Fsp3) is 0.750. The maximum Gasteiger partial charge on any atom is 0.249 e. The second-order valence-electron chi connectivity index (χ2n) is 8.07. The van der Waals surface area contributed by atoms with Gasteiger partial charge in [-0.25, -0.2) is 0 Å². The molecule has 0 radical (unpaired) electrons. The van der Waals surface area contributed by atoms with Gasteiger partial charge in [0.25, 0.3) is 0 Å². The largest absolute Gasteiger partial charge is 0.369 e. The summed E-state index contributed by atoms with van der Waals surface area (Å²) in [6.07, 6.45) is 5.95. The van der Waals surface area contributed by atoms with Crippen molar-refractivity contribution in [2.45, 2.75) is 71.1 Å². The summed E-state index contributed by atoms with van der Waals surface area (Å²) in [6, 6.07) is 2.13. The highest BCUT2D eigenvalue weighted by Gasteiger charge is 2.60. The lowest BCUT2D eigenvalue weighted by Gasteiger charge is -2.35. The molecule has 3 rings (SSSR count). The van der Waals surface area contributed by atoms with Gasteiger partial charge in [0.15, 0.2) is 0 Å². The van der Waals surface area contributed by atoms with Crippen molar-refractivity contribution in [1.29, 1.82) is 0 Å². The number of ether oxygens (including phenoxy) is 1. The molecular formula is C20H32N4O3. The monoisotopic (exact) mass is 376 g/mol. The highest BCUT2D eigenvalue weighted by atomic mass is 16.5. The quantitative estimate of drug-likeness (QED) is 0.749. The molecule has 7 heteroatoms. The fourth-order valence-corrected chi connectivity index (χ4v) is 4.78. The van der Waals surface area contributed by atoms with Crippen molar-refractivity contribution in [1.82, 2.24) is 20.0 Å². The summed E-state index contributed by atoms with van der Waals surface area (Å²) in [5.41, 5.74) is 0.625. The second kappa shape index (κ2) is 8.00. The highest BCUT2D eigenvalue weighted by Crippen LogP contribution is 2.51. The van der Waals surface area contributed by atoms with E-state index in [-0.39, 0.29) is 36.6 Å². The SMILES string of the molecule is CC[C@@]1(C(=O)NCCc2ccnn2C)C[C@@H]2CC[C@H]1N2C(=O)COC(C)C. The van der Waals surface area contributed by atoms with Crippen LogP contribution in [-0.2, 0) is 27.8 Å². The number of nitrogens with zero attached hydrogens (tertiary/aromatic N) is 3. The zero-order valence-electron chi connectivity index (χ0n) is 16.9. The standard InChI is InChI=1S/C20H32N4O3/c1-5-20(19(26)21-10-8-15-9-11-22-23(15)4)12-16-6-7-17(20)24(16)18(25)13-27-14(2)3/h9,11,14,16-17H,5-8,10,12-13H2,1-4H3,(H,21,26)/t16-,17+,20+/m0/s1. The molecule has 1 N–H and O–H groups in total. The van der Waals surface area contributed by atoms with E-state index in [4.69, 9.17) is 4.74 Å². The topological polar surface area (TPSA) is 76.5 Å². The molecule has 1 aromatic rings. The summed E-state index contributed by atoms with van der Waals surface area (Å²) in [7, 11) is 1.91. The Morgan fingerprint density at radius 3 is 2.81 bits per heavy atom. The molecule has 0 aromatic carbocycles. The molecule has 150 valence electrons. The highest BCUT2D eigenvalue weighted by molar-refractivity contribution is 5.87. The van der Waals surface area contributed by atoms with Crippen LogP contribution in [0.5, 0.6) is 0 Å². The second-order valence-corrected chi connectivity index (χ2v) is 8.07. The van der Waals surface area contributed by atoms with Gasteiger partial charge in [-0.15, -0.1) is 0 Å². The van der Waals surface area contributed by atoms with Gasteiger partial charge in [-0.2, -0.15) is 5.10 Å². The van der Waals surface area contributed by atoms with Gasteiger partial charge in [-0.05, 0) is 45.6 Å². The van der Waals surface area contributed by atoms with E-state index < -0.39 is 5.41 Å². The van der Waals surface area contributed by atoms with E-state index in [1.54, 1.807) is 6.20 Å². The molecule has 2 aliphatic heterocycles. The number of amides is 2. The number of hydrogen-bond donors (Lipinski definition) is 1. The predicted molar refractivity (Wildman–Crippen MR) is 102 cm³/mol. The van der Waals surface area contributed by atoms with Crippen molar-refractivity contribution in [3.8, 4) is 0 Å². The van der Waals surface area contributed by atoms with E-state index in [9.17, 15) is 9.59 Å². The maximum atomic E-state index is 13.1. The molecule has 1 aromatic heterocycles. The molecule has 0 saturated carbocycles. The summed E-state index contributed by atoms with van der Waals surface area (Å²) in [5, 5.41) is 7.29. The molecule has 27 heavy (non-hydrogen) atoms. The molecule has 0 spiro atoms. The molecule has 7 nitrogen and oxygen atoms in total. The Morgan fingerprint density at radius 1 is 1.41 bits per heavy atom. The van der Waals surface area contributed by atoms with Gasteiger partial charge < -0.3 is 15.0 Å². The van der Waals surface area contributed by atoms with Crippen molar-refractivity contribution in [2.75, 3.05) is 13.2 Å². The normalized spacial score (nSPS) is 26.8. The molecule has 0 unspecified atom stereocenters. The van der Waals surface area contributed by atoms with E-state index in [0.29, 0.717) is 6.54 Å². The van der Waals surface area contributed by atoms with Crippen molar-refractivity contribution >= 4 is 11.8 Å². The summed E-state index contributed by atoms with van der Waals surface area (Å²) in [4.78, 5) is 27.8. The molecule has 2 saturated heterocycles. The minimum atomic E-state index is -0.469. The van der Waals surface area contributed by atoms with Gasteiger partial charge in [-0.1, -0.05) is 6.92 Å². The molecule has 3 heterocycles. The van der Waals surface area contributed by atoms with Gasteiger partial charge in [0.05, 0.1) is 11.5 Å². The van der Waals surface area contributed by atoms with Gasteiger partial charge in [-0.3, -0.25) is 14.3 Å². The van der Waals surface area contributed by atoms with Crippen molar-refractivity contribution < 1.29 is 14.3 Å². The Morgan fingerprint density at radius 2 is 2.19 bits per heavy atom. The molecule has 2 bridgehead atoms. The molecule has 2 amide bonds. The van der Waals surface area contributed by atoms with E-state index in [2.05, 4.69) is 17.3 Å². The lowest BCUT2D eigenvalue weighted by atomic mass is 9.71. The Hall–Kier alpha value is -1.89. The number of rotatable bonds is 8. The van der Waals surface area contributed by atoms with Crippen LogP contribution in [0.3, 0.4) is 0 Å². The summed E-state index contributed by atoms with van der Waals surface area (Å²) >= 11 is 0. The number of fused-ring (bicyclic) bond motifs is 2. The predicted octanol–water partition coefficient (Wildman–Crippen LogP) is 1.66. The maximum absolute atomic E-state index is 13.1. The number of hydrogen-bond acceptors (Lipinski definition) is 4. The Bertz CT molecular complexity index is 687. The fourth-order valence-electron chi connectivity index (χ4n) is 4.78. The number of aryl methyl sites for hydroxylation is 1. The minimum absolute atomic E-state index is 0.00698. The van der Waals surface area contributed by atoms with Gasteiger partial charge in [0.1, 0.15) is 6.61 Å². The van der Waals surface area contributed by atoms with Crippen LogP contribution in [0.15, 0.2) is 12.3 Å². The van der Waals surface area contributed by atoms with Gasteiger partial charge in [0, 0.05) is 44.0 Å². The molecule has 0 aliphatic carbocycles. The molecule has 2 fully saturated rings. The number of carbonyl (C=O) groups is 2. The van der Waals surface area contributed by atoms with Crippen LogP contribution >= 0.6 is 0 Å². The summed E-state index contributed by atoms with van der Waals surface area (Å²) in [6.45, 7) is 6.61. The average Bonchev–Trinajstić information content (AvgIpc) is 3.33. The van der Waals surface area contributed by atoms with Crippen LogP contribution < -0.4 is 5.32 Å². The average molecular weight is 377 g/mol. The molecular weight excluding hydrogens is 344 g/mol. The van der Waals surface area contributed by atoms with Crippen LogP contribution in [0.4, 0.5) is 0 Å². The lowest BCUT2D eigenvalue weighted by molar-refractivity contribution is -0.141. The Labute approximate surface area is 161 Å². The van der Waals surface area contributed by atoms with Crippen LogP contribution in [0.2, 0.25) is 0 Å². The zero-order chi connectivity index (χ0) is 19.6. The first kappa shape index (κ1) is 19.9. The third-order valence-electron chi connectivity index (χ3n) is 6.24. The third-order valence-corrected chi connectivity index (χ3v) is 6.24. The first-order chi connectivity index (χ1) is 12.9. The summed E-state index contributed by atoms with van der Waals surface area (Å²) < 4.78 is 7.35. The van der Waals surface area contributed by atoms with E-state index in [1.807, 2.05) is 36.5 Å². The van der Waals surface area contributed by atoms with Crippen LogP contribution in [0, 0.1) is 5.41 Å². The van der Waals surface area contributed by atoms with Gasteiger partial charge in [0.2, 0.25) is 11.8 Å². The van der Waals surface area contributed by atoms with Crippen molar-refractivity contribution in [2.24, 2.45) is 12.5 Å². The van der Waals surface area contributed by atoms with Crippen LogP contribution in [0.1, 0.15) is 52.1 Å². The number of carbonyl (C=O) groups excluding carboxylic acids is 2. The van der Waals surface area contributed by atoms with Crippen molar-refractivity contribution in [3.05, 3.63) is 18.0 Å². The lowest BCUT2D eigenvalue weighted by Crippen LogP contribution is -2.50. The minimum Gasteiger partial charge on any atom is -0.369 e. The summed E-state index contributed by atoms with van der Waals surface area (Å²) in [5.74, 6) is 0.108. The number of aromatic nitrogens is 2. The van der Waals surface area contributed by atoms with Crippen molar-refractivity contribution in [3.63, 3.8) is 0 Å². The third kappa shape index (κ3) is 3.74. The molecule has 2 aliphatic rings. The Balaban J connectivity index is 1.63. The van der Waals surface area contributed by atoms with E-state index >= 15 is 0 Å². The first-order valence-electron chi connectivity index (χ1n) is 10.1. The van der Waals surface area contributed by atoms with E-state index in [1.165, 1.54) is 0 Å². The smallest absolute Gasteiger partial charge is 0.249 e. The van der Waals surface area contributed by atoms with Crippen LogP contribution in [-0.4, -0.2) is 57.8 Å². The molecule has 3 atom stereocenters. The van der Waals surface area contributed by atoms with E-state index in [0.717, 1.165) is 37.8 Å². The first-order valence-corrected chi connectivity index (χ1v) is 10.1.